The molecule has 1 aliphatic rings. The lowest BCUT2D eigenvalue weighted by molar-refractivity contribution is -0.384. The molecule has 0 aromatic heterocycles. The summed E-state index contributed by atoms with van der Waals surface area (Å²) >= 11 is 0.700. The Morgan fingerprint density at radius 2 is 1.67 bits per heavy atom. The standard InChI is InChI=1S/C28H24N4O9S/c1-39-21-9-7-18(8-10-21)29-25(33)15-31-27(35)24(42-28(31)36)13-17-6-11-22(23(12-17)40-2)41-16-26(34)30-19-4-3-5-20(14-19)32(37)38/h3-14H,15-16H2,1-2H3,(H,29,33)(H,30,34)/b24-13-. The summed E-state index contributed by atoms with van der Waals surface area (Å²) < 4.78 is 16.0. The molecule has 0 atom stereocenters. The zero-order chi connectivity index (χ0) is 30.2. The van der Waals surface area contributed by atoms with Crippen LogP contribution in [0.3, 0.4) is 0 Å². The number of anilines is 2. The summed E-state index contributed by atoms with van der Waals surface area (Å²) in [7, 11) is 2.91. The lowest BCUT2D eigenvalue weighted by atomic mass is 10.2. The van der Waals surface area contributed by atoms with E-state index in [2.05, 4.69) is 10.6 Å². The second-order valence-corrected chi connectivity index (χ2v) is 9.59. The number of nitrogens with one attached hydrogen (secondary N) is 2. The molecule has 0 radical (unpaired) electrons. The van der Waals surface area contributed by atoms with Gasteiger partial charge in [-0.2, -0.15) is 0 Å². The fourth-order valence-electron chi connectivity index (χ4n) is 3.74. The first-order valence-electron chi connectivity index (χ1n) is 12.2. The fourth-order valence-corrected chi connectivity index (χ4v) is 4.58. The van der Waals surface area contributed by atoms with E-state index in [1.807, 2.05) is 0 Å². The van der Waals surface area contributed by atoms with Gasteiger partial charge in [-0.3, -0.25) is 34.2 Å². The normalized spacial score (nSPS) is 13.6. The summed E-state index contributed by atoms with van der Waals surface area (Å²) in [6.45, 7) is -0.863. The van der Waals surface area contributed by atoms with Crippen molar-refractivity contribution in [1.29, 1.82) is 0 Å². The lowest BCUT2D eigenvalue weighted by Crippen LogP contribution is -2.36. The number of rotatable bonds is 11. The number of hydrogen-bond donors (Lipinski definition) is 2. The average Bonchev–Trinajstić information content (AvgIpc) is 3.23. The number of thioether (sulfide) groups is 1. The van der Waals surface area contributed by atoms with Gasteiger partial charge >= 0.3 is 0 Å². The van der Waals surface area contributed by atoms with Gasteiger partial charge in [-0.1, -0.05) is 12.1 Å². The fraction of sp³-hybridized carbons (Fsp3) is 0.143. The minimum Gasteiger partial charge on any atom is -0.497 e. The largest absolute Gasteiger partial charge is 0.497 e. The highest BCUT2D eigenvalue weighted by atomic mass is 32.2. The van der Waals surface area contributed by atoms with Crippen LogP contribution in [0.2, 0.25) is 0 Å². The van der Waals surface area contributed by atoms with Crippen molar-refractivity contribution in [2.75, 3.05) is 38.0 Å². The number of carbonyl (C=O) groups is 4. The summed E-state index contributed by atoms with van der Waals surface area (Å²) in [6.07, 6.45) is 1.48. The first kappa shape index (κ1) is 29.6. The van der Waals surface area contributed by atoms with E-state index in [0.29, 0.717) is 28.8 Å². The zero-order valence-electron chi connectivity index (χ0n) is 22.3. The van der Waals surface area contributed by atoms with E-state index in [0.717, 1.165) is 4.90 Å². The molecule has 0 spiro atoms. The number of amides is 4. The van der Waals surface area contributed by atoms with Crippen molar-refractivity contribution < 1.29 is 38.3 Å². The van der Waals surface area contributed by atoms with Crippen LogP contribution < -0.4 is 24.8 Å². The minimum absolute atomic E-state index is 0.115. The molecule has 42 heavy (non-hydrogen) atoms. The van der Waals surface area contributed by atoms with Crippen molar-refractivity contribution in [1.82, 2.24) is 4.90 Å². The summed E-state index contributed by atoms with van der Waals surface area (Å²) in [4.78, 5) is 61.4. The van der Waals surface area contributed by atoms with Gasteiger partial charge < -0.3 is 24.8 Å². The highest BCUT2D eigenvalue weighted by Gasteiger charge is 2.36. The molecular weight excluding hydrogens is 568 g/mol. The van der Waals surface area contributed by atoms with Gasteiger partial charge in [0, 0.05) is 23.5 Å². The van der Waals surface area contributed by atoms with E-state index in [-0.39, 0.29) is 27.8 Å². The SMILES string of the molecule is COc1ccc(NC(=O)CN2C(=O)S/C(=C\c3ccc(OCC(=O)Nc4cccc([N+](=O)[O-])c4)c(OC)c3)C2=O)cc1. The molecule has 1 heterocycles. The van der Waals surface area contributed by atoms with Crippen molar-refractivity contribution in [2.45, 2.75) is 0 Å². The van der Waals surface area contributed by atoms with Gasteiger partial charge in [-0.05, 0) is 65.9 Å². The van der Waals surface area contributed by atoms with Crippen molar-refractivity contribution in [3.63, 3.8) is 0 Å². The second-order valence-electron chi connectivity index (χ2n) is 8.60. The van der Waals surface area contributed by atoms with E-state index in [9.17, 15) is 29.3 Å². The lowest BCUT2D eigenvalue weighted by Gasteiger charge is -2.13. The number of ether oxygens (including phenoxy) is 3. The van der Waals surface area contributed by atoms with Crippen molar-refractivity contribution >= 4 is 57.9 Å². The van der Waals surface area contributed by atoms with Crippen molar-refractivity contribution in [2.24, 2.45) is 0 Å². The average molecular weight is 593 g/mol. The zero-order valence-corrected chi connectivity index (χ0v) is 23.1. The molecule has 1 saturated heterocycles. The van der Waals surface area contributed by atoms with E-state index in [1.165, 1.54) is 50.6 Å². The molecule has 0 saturated carbocycles. The molecule has 1 fully saturated rings. The van der Waals surface area contributed by atoms with Gasteiger partial charge in [0.2, 0.25) is 5.91 Å². The molecule has 216 valence electrons. The van der Waals surface area contributed by atoms with Gasteiger partial charge in [0.1, 0.15) is 12.3 Å². The maximum atomic E-state index is 12.9. The molecule has 1 aliphatic heterocycles. The van der Waals surface area contributed by atoms with Crippen LogP contribution >= 0.6 is 11.8 Å². The Labute approximate surface area is 243 Å². The van der Waals surface area contributed by atoms with Gasteiger partial charge in [-0.15, -0.1) is 0 Å². The molecule has 4 rings (SSSR count). The Morgan fingerprint density at radius 3 is 2.36 bits per heavy atom. The third kappa shape index (κ3) is 7.42. The summed E-state index contributed by atoms with van der Waals surface area (Å²) in [6, 6.07) is 16.8. The van der Waals surface area contributed by atoms with Gasteiger partial charge in [-0.25, -0.2) is 0 Å². The molecule has 3 aromatic carbocycles. The third-order valence-corrected chi connectivity index (χ3v) is 6.64. The van der Waals surface area contributed by atoms with Gasteiger partial charge in [0.05, 0.1) is 24.0 Å². The molecule has 0 unspecified atom stereocenters. The molecule has 4 amide bonds. The van der Waals surface area contributed by atoms with Crippen LogP contribution in [0.4, 0.5) is 21.9 Å². The summed E-state index contributed by atoms with van der Waals surface area (Å²) in [5, 5.41) is 15.5. The maximum absolute atomic E-state index is 12.9. The molecule has 3 aromatic rings. The molecule has 13 nitrogen and oxygen atoms in total. The Bertz CT molecular complexity index is 1570. The molecule has 14 heteroatoms. The van der Waals surface area contributed by atoms with E-state index >= 15 is 0 Å². The Morgan fingerprint density at radius 1 is 0.929 bits per heavy atom. The molecule has 2 N–H and O–H groups in total. The molecule has 0 bridgehead atoms. The number of hydrogen-bond acceptors (Lipinski definition) is 10. The van der Waals surface area contributed by atoms with Gasteiger partial charge in [0.15, 0.2) is 18.1 Å². The van der Waals surface area contributed by atoms with Crippen LogP contribution in [0.25, 0.3) is 6.08 Å². The maximum Gasteiger partial charge on any atom is 0.294 e. The Balaban J connectivity index is 1.36. The van der Waals surface area contributed by atoms with Crippen LogP contribution in [0.5, 0.6) is 17.2 Å². The number of carbonyl (C=O) groups excluding carboxylic acids is 4. The number of nitrogens with zero attached hydrogens (tertiary/aromatic N) is 2. The highest BCUT2D eigenvalue weighted by Crippen LogP contribution is 2.34. The number of methoxy groups -OCH3 is 2. The minimum atomic E-state index is -0.619. The Kier molecular flexibility index (Phi) is 9.39. The van der Waals surface area contributed by atoms with Gasteiger partial charge in [0.25, 0.3) is 22.7 Å². The smallest absolute Gasteiger partial charge is 0.294 e. The molecular formula is C28H24N4O9S. The number of nitro benzene ring substituents is 1. The number of non-ortho nitro benzene ring substituents is 1. The van der Waals surface area contributed by atoms with E-state index in [1.54, 1.807) is 36.4 Å². The van der Waals surface area contributed by atoms with Crippen LogP contribution in [-0.2, 0) is 14.4 Å². The second kappa shape index (κ2) is 13.3. The van der Waals surface area contributed by atoms with E-state index < -0.39 is 41.0 Å². The number of benzene rings is 3. The summed E-state index contributed by atoms with van der Waals surface area (Å²) in [5.41, 5.74) is 1.07. The topological polar surface area (TPSA) is 166 Å². The number of imide groups is 1. The van der Waals surface area contributed by atoms with Crippen molar-refractivity contribution in [3.8, 4) is 17.2 Å². The first-order chi connectivity index (χ1) is 20.2. The quantitative estimate of drug-likeness (QED) is 0.186. The third-order valence-electron chi connectivity index (χ3n) is 5.73. The van der Waals surface area contributed by atoms with Crippen LogP contribution in [-0.4, -0.2) is 60.2 Å². The van der Waals surface area contributed by atoms with Crippen LogP contribution in [0.15, 0.2) is 71.6 Å². The van der Waals surface area contributed by atoms with E-state index in [4.69, 9.17) is 14.2 Å². The first-order valence-corrected chi connectivity index (χ1v) is 13.0. The predicted molar refractivity (Wildman–Crippen MR) is 155 cm³/mol. The van der Waals surface area contributed by atoms with Crippen LogP contribution in [0.1, 0.15) is 5.56 Å². The van der Waals surface area contributed by atoms with Crippen molar-refractivity contribution in [3.05, 3.63) is 87.3 Å². The predicted octanol–water partition coefficient (Wildman–Crippen LogP) is 4.30. The number of nitro groups is 1. The van der Waals surface area contributed by atoms with Crippen LogP contribution in [0, 0.1) is 10.1 Å². The highest BCUT2D eigenvalue weighted by molar-refractivity contribution is 8.18. The Hall–Kier alpha value is -5.37. The monoisotopic (exact) mass is 592 g/mol. The molecule has 0 aliphatic carbocycles. The summed E-state index contributed by atoms with van der Waals surface area (Å²) in [5.74, 6) is -0.610.